The number of hydrogen-bond acceptors (Lipinski definition) is 5. The number of carboxylic acid groups (broad SMARTS) is 1. The SMILES string of the molecule is O=C1CC(O)C=C1CCCCCCOc1cccc(S)c1C(=O)O. The van der Waals surface area contributed by atoms with Crippen LogP contribution in [0.25, 0.3) is 0 Å². The second-order valence-electron chi connectivity index (χ2n) is 5.85. The fourth-order valence-corrected chi connectivity index (χ4v) is 3.03. The van der Waals surface area contributed by atoms with Crippen molar-refractivity contribution in [1.29, 1.82) is 0 Å². The summed E-state index contributed by atoms with van der Waals surface area (Å²) in [4.78, 5) is 23.1. The molecule has 0 amide bonds. The van der Waals surface area contributed by atoms with Gasteiger partial charge in [-0.15, -0.1) is 12.6 Å². The third-order valence-electron chi connectivity index (χ3n) is 3.96. The lowest BCUT2D eigenvalue weighted by molar-refractivity contribution is -0.116. The fraction of sp³-hybridized carbons (Fsp3) is 0.444. The number of hydrogen-bond donors (Lipinski definition) is 3. The molecule has 1 aromatic rings. The van der Waals surface area contributed by atoms with Gasteiger partial charge in [-0.1, -0.05) is 18.9 Å². The first-order chi connectivity index (χ1) is 11.5. The molecule has 2 N–H and O–H groups in total. The number of allylic oxidation sites excluding steroid dienone is 1. The van der Waals surface area contributed by atoms with Crippen molar-refractivity contribution in [1.82, 2.24) is 0 Å². The number of ketones is 1. The Labute approximate surface area is 146 Å². The van der Waals surface area contributed by atoms with E-state index in [1.54, 1.807) is 24.3 Å². The zero-order valence-electron chi connectivity index (χ0n) is 13.4. The third-order valence-corrected chi connectivity index (χ3v) is 4.34. The minimum Gasteiger partial charge on any atom is -0.493 e. The van der Waals surface area contributed by atoms with Crippen LogP contribution in [0.4, 0.5) is 0 Å². The maximum atomic E-state index is 11.5. The number of carbonyl (C=O) groups is 2. The number of thiol groups is 1. The van der Waals surface area contributed by atoms with E-state index >= 15 is 0 Å². The van der Waals surface area contributed by atoms with E-state index in [0.29, 0.717) is 23.7 Å². The molecule has 1 aromatic carbocycles. The van der Waals surface area contributed by atoms with Gasteiger partial charge in [-0.05, 0) is 43.0 Å². The molecule has 0 fully saturated rings. The van der Waals surface area contributed by atoms with Crippen LogP contribution in [0, 0.1) is 0 Å². The number of carbonyl (C=O) groups excluding carboxylic acids is 1. The summed E-state index contributed by atoms with van der Waals surface area (Å²) < 4.78 is 5.56. The molecular formula is C18H22O5S. The largest absolute Gasteiger partial charge is 0.493 e. The van der Waals surface area contributed by atoms with E-state index in [4.69, 9.17) is 4.74 Å². The molecule has 0 saturated carbocycles. The quantitative estimate of drug-likeness (QED) is 0.470. The molecule has 130 valence electrons. The van der Waals surface area contributed by atoms with E-state index in [-0.39, 0.29) is 17.8 Å². The number of rotatable bonds is 9. The molecular weight excluding hydrogens is 328 g/mol. The number of aliphatic hydroxyl groups excluding tert-OH is 1. The molecule has 5 nitrogen and oxygen atoms in total. The molecule has 0 spiro atoms. The Morgan fingerprint density at radius 1 is 1.25 bits per heavy atom. The van der Waals surface area contributed by atoms with Crippen molar-refractivity contribution in [3.05, 3.63) is 35.4 Å². The van der Waals surface area contributed by atoms with Crippen LogP contribution in [-0.2, 0) is 4.79 Å². The normalized spacial score (nSPS) is 17.0. The van der Waals surface area contributed by atoms with Crippen LogP contribution in [0.1, 0.15) is 48.9 Å². The molecule has 1 aliphatic carbocycles. The number of Topliss-reactive ketones (excluding diaryl/α,β-unsaturated/α-hetero) is 1. The third kappa shape index (κ3) is 5.11. The summed E-state index contributed by atoms with van der Waals surface area (Å²) in [5.41, 5.74) is 0.835. The molecule has 0 aliphatic heterocycles. The standard InChI is InChI=1S/C18H22O5S/c19-13-10-12(14(20)11-13)6-3-1-2-4-9-23-15-7-5-8-16(24)17(15)18(21)22/h5,7-8,10,13,19,24H,1-4,6,9,11H2,(H,21,22). The second-order valence-corrected chi connectivity index (χ2v) is 6.34. The van der Waals surface area contributed by atoms with Crippen LogP contribution >= 0.6 is 12.6 Å². The van der Waals surface area contributed by atoms with Crippen LogP contribution in [0.3, 0.4) is 0 Å². The smallest absolute Gasteiger partial charge is 0.340 e. The fourth-order valence-electron chi connectivity index (χ4n) is 2.74. The number of aliphatic hydroxyl groups is 1. The lowest BCUT2D eigenvalue weighted by Gasteiger charge is -2.10. The van der Waals surface area contributed by atoms with Gasteiger partial charge < -0.3 is 14.9 Å². The maximum Gasteiger partial charge on any atom is 0.340 e. The van der Waals surface area contributed by atoms with Gasteiger partial charge in [-0.25, -0.2) is 4.79 Å². The van der Waals surface area contributed by atoms with Gasteiger partial charge in [0, 0.05) is 11.3 Å². The van der Waals surface area contributed by atoms with Crippen molar-refractivity contribution in [2.24, 2.45) is 0 Å². The zero-order valence-corrected chi connectivity index (χ0v) is 14.3. The van der Waals surface area contributed by atoms with Gasteiger partial charge in [0.05, 0.1) is 12.7 Å². The Hall–Kier alpha value is -1.79. The van der Waals surface area contributed by atoms with Gasteiger partial charge in [0.2, 0.25) is 0 Å². The Morgan fingerprint density at radius 3 is 2.67 bits per heavy atom. The summed E-state index contributed by atoms with van der Waals surface area (Å²) in [6, 6.07) is 4.97. The first-order valence-electron chi connectivity index (χ1n) is 8.09. The predicted octanol–water partition coefficient (Wildman–Crippen LogP) is 3.26. The van der Waals surface area contributed by atoms with Gasteiger partial charge in [-0.3, -0.25) is 4.79 Å². The summed E-state index contributed by atoms with van der Waals surface area (Å²) in [6.07, 6.45) is 5.59. The highest BCUT2D eigenvalue weighted by atomic mass is 32.1. The number of carboxylic acids is 1. The van der Waals surface area contributed by atoms with Crippen LogP contribution in [0.15, 0.2) is 34.7 Å². The minimum atomic E-state index is -1.05. The van der Waals surface area contributed by atoms with E-state index in [2.05, 4.69) is 12.6 Å². The van der Waals surface area contributed by atoms with Crippen LogP contribution in [0.5, 0.6) is 5.75 Å². The monoisotopic (exact) mass is 350 g/mol. The minimum absolute atomic E-state index is 0.0543. The van der Waals surface area contributed by atoms with Gasteiger partial charge in [0.15, 0.2) is 5.78 Å². The van der Waals surface area contributed by atoms with Crippen molar-refractivity contribution < 1.29 is 24.5 Å². The van der Waals surface area contributed by atoms with Gasteiger partial charge in [0.1, 0.15) is 11.3 Å². The molecule has 0 radical (unpaired) electrons. The van der Waals surface area contributed by atoms with E-state index in [1.165, 1.54) is 0 Å². The number of unbranched alkanes of at least 4 members (excludes halogenated alkanes) is 3. The summed E-state index contributed by atoms with van der Waals surface area (Å²) in [5.74, 6) is -0.656. The zero-order chi connectivity index (χ0) is 17.5. The van der Waals surface area contributed by atoms with Crippen molar-refractivity contribution in [2.45, 2.75) is 49.5 Å². The van der Waals surface area contributed by atoms with E-state index in [1.807, 2.05) is 0 Å². The molecule has 1 unspecified atom stereocenters. The predicted molar refractivity (Wildman–Crippen MR) is 92.9 cm³/mol. The van der Waals surface area contributed by atoms with Crippen molar-refractivity contribution in [3.8, 4) is 5.75 Å². The van der Waals surface area contributed by atoms with Crippen molar-refractivity contribution >= 4 is 24.4 Å². The highest BCUT2D eigenvalue weighted by molar-refractivity contribution is 7.80. The Morgan fingerprint density at radius 2 is 2.00 bits per heavy atom. The summed E-state index contributed by atoms with van der Waals surface area (Å²) in [6.45, 7) is 0.442. The summed E-state index contributed by atoms with van der Waals surface area (Å²) in [7, 11) is 0. The molecule has 0 bridgehead atoms. The lowest BCUT2D eigenvalue weighted by atomic mass is 10.1. The molecule has 1 atom stereocenters. The first-order valence-corrected chi connectivity index (χ1v) is 8.54. The Bertz CT molecular complexity index is 638. The molecule has 0 aromatic heterocycles. The van der Waals surface area contributed by atoms with E-state index in [0.717, 1.165) is 31.3 Å². The molecule has 0 saturated heterocycles. The first kappa shape index (κ1) is 18.5. The van der Waals surface area contributed by atoms with E-state index < -0.39 is 12.1 Å². The van der Waals surface area contributed by atoms with Gasteiger partial charge >= 0.3 is 5.97 Å². The Balaban J connectivity index is 1.66. The molecule has 1 aliphatic rings. The van der Waals surface area contributed by atoms with Gasteiger partial charge in [-0.2, -0.15) is 0 Å². The molecule has 6 heteroatoms. The topological polar surface area (TPSA) is 83.8 Å². The van der Waals surface area contributed by atoms with Gasteiger partial charge in [0.25, 0.3) is 0 Å². The maximum absolute atomic E-state index is 11.5. The Kier molecular flexibility index (Phi) is 6.87. The van der Waals surface area contributed by atoms with Crippen LogP contribution in [0.2, 0.25) is 0 Å². The molecule has 0 heterocycles. The number of aromatic carboxylic acids is 1. The van der Waals surface area contributed by atoms with Crippen molar-refractivity contribution in [2.75, 3.05) is 6.61 Å². The van der Waals surface area contributed by atoms with Crippen LogP contribution in [-0.4, -0.2) is 34.7 Å². The summed E-state index contributed by atoms with van der Waals surface area (Å²) >= 11 is 4.14. The average Bonchev–Trinajstić information content (AvgIpc) is 2.83. The van der Waals surface area contributed by atoms with Crippen LogP contribution < -0.4 is 4.74 Å². The highest BCUT2D eigenvalue weighted by Crippen LogP contribution is 2.25. The van der Waals surface area contributed by atoms with E-state index in [9.17, 15) is 19.8 Å². The number of benzene rings is 1. The highest BCUT2D eigenvalue weighted by Gasteiger charge is 2.21. The second kappa shape index (κ2) is 8.89. The average molecular weight is 350 g/mol. The number of ether oxygens (including phenoxy) is 1. The molecule has 2 rings (SSSR count). The lowest BCUT2D eigenvalue weighted by Crippen LogP contribution is -2.05. The molecule has 24 heavy (non-hydrogen) atoms. The van der Waals surface area contributed by atoms with Crippen molar-refractivity contribution in [3.63, 3.8) is 0 Å². The summed E-state index contributed by atoms with van der Waals surface area (Å²) in [5, 5.41) is 18.6.